The Morgan fingerprint density at radius 1 is 1.09 bits per heavy atom. The molecule has 0 radical (unpaired) electrons. The van der Waals surface area contributed by atoms with Crippen molar-refractivity contribution >= 4 is 22.2 Å². The van der Waals surface area contributed by atoms with Gasteiger partial charge in [-0.15, -0.1) is 0 Å². The molecule has 4 rings (SSSR count). The van der Waals surface area contributed by atoms with Crippen LogP contribution in [0.5, 0.6) is 0 Å². The number of nitrogens with zero attached hydrogens (tertiary/aromatic N) is 2. The molecule has 4 aromatic rings. The van der Waals surface area contributed by atoms with E-state index in [0.717, 1.165) is 27.6 Å². The van der Waals surface area contributed by atoms with Crippen molar-refractivity contribution in [3.05, 3.63) is 66.1 Å². The smallest absolute Gasteiger partial charge is 0.147 e. The average Bonchev–Trinajstić information content (AvgIpc) is 2.85. The molecular weight excluding hydrogens is 277 g/mol. The van der Waals surface area contributed by atoms with Crippen LogP contribution in [0.4, 0.5) is 10.2 Å². The van der Waals surface area contributed by atoms with Crippen LogP contribution in [0.2, 0.25) is 0 Å². The van der Waals surface area contributed by atoms with Crippen LogP contribution in [0, 0.1) is 12.7 Å². The van der Waals surface area contributed by atoms with E-state index in [4.69, 9.17) is 5.73 Å². The zero-order chi connectivity index (χ0) is 15.3. The second kappa shape index (κ2) is 4.56. The number of hydrogen-bond acceptors (Lipinski definition) is 2. The third-order valence-electron chi connectivity index (χ3n) is 4.01. The molecule has 0 saturated carbocycles. The number of aromatic nitrogens is 2. The number of pyridine rings is 1. The number of halogens is 1. The number of nitrogen functional groups attached to an aromatic ring is 1. The van der Waals surface area contributed by atoms with Gasteiger partial charge in [0, 0.05) is 17.1 Å². The van der Waals surface area contributed by atoms with E-state index < -0.39 is 0 Å². The molecule has 0 atom stereocenters. The van der Waals surface area contributed by atoms with Gasteiger partial charge in [0.2, 0.25) is 0 Å². The molecule has 0 saturated heterocycles. The minimum Gasteiger partial charge on any atom is -0.383 e. The highest BCUT2D eigenvalue weighted by molar-refractivity contribution is 5.96. The van der Waals surface area contributed by atoms with Gasteiger partial charge in [-0.05, 0) is 36.1 Å². The Morgan fingerprint density at radius 3 is 2.73 bits per heavy atom. The summed E-state index contributed by atoms with van der Waals surface area (Å²) in [5.74, 6) is 0.287. The van der Waals surface area contributed by atoms with Gasteiger partial charge in [-0.2, -0.15) is 0 Å². The molecule has 0 unspecified atom stereocenters. The largest absolute Gasteiger partial charge is 0.383 e. The van der Waals surface area contributed by atoms with Crippen molar-refractivity contribution in [2.24, 2.45) is 0 Å². The van der Waals surface area contributed by atoms with E-state index in [-0.39, 0.29) is 5.82 Å². The van der Waals surface area contributed by atoms with Crippen LogP contribution < -0.4 is 5.73 Å². The molecule has 0 fully saturated rings. The van der Waals surface area contributed by atoms with Gasteiger partial charge < -0.3 is 5.73 Å². The number of anilines is 1. The summed E-state index contributed by atoms with van der Waals surface area (Å²) in [6.45, 7) is 2.02. The summed E-state index contributed by atoms with van der Waals surface area (Å²) in [5, 5.41) is 1.70. The number of hydrogen-bond donors (Lipinski definition) is 1. The molecular formula is C18H14FN3. The van der Waals surface area contributed by atoms with Crippen LogP contribution in [-0.4, -0.2) is 9.38 Å². The topological polar surface area (TPSA) is 43.3 Å². The maximum absolute atomic E-state index is 13.6. The Bertz CT molecular complexity index is 1020. The molecule has 3 nitrogen and oxygen atoms in total. The number of aryl methyl sites for hydroxylation is 1. The monoisotopic (exact) mass is 291 g/mol. The predicted molar refractivity (Wildman–Crippen MR) is 87.2 cm³/mol. The van der Waals surface area contributed by atoms with E-state index in [2.05, 4.69) is 4.98 Å². The highest BCUT2D eigenvalue weighted by Crippen LogP contribution is 2.31. The lowest BCUT2D eigenvalue weighted by Gasteiger charge is -2.03. The van der Waals surface area contributed by atoms with E-state index in [1.54, 1.807) is 6.07 Å². The summed E-state index contributed by atoms with van der Waals surface area (Å²) in [6.07, 6.45) is 1.87. The van der Waals surface area contributed by atoms with Crippen molar-refractivity contribution in [3.8, 4) is 11.3 Å². The average molecular weight is 291 g/mol. The lowest BCUT2D eigenvalue weighted by atomic mass is 10.1. The van der Waals surface area contributed by atoms with Crippen LogP contribution >= 0.6 is 0 Å². The fourth-order valence-corrected chi connectivity index (χ4v) is 2.85. The van der Waals surface area contributed by atoms with Gasteiger partial charge in [-0.3, -0.25) is 4.40 Å². The molecule has 0 aliphatic rings. The van der Waals surface area contributed by atoms with E-state index >= 15 is 0 Å². The molecule has 108 valence electrons. The molecule has 2 aromatic carbocycles. The van der Waals surface area contributed by atoms with Crippen LogP contribution in [0.3, 0.4) is 0 Å². The first kappa shape index (κ1) is 12.8. The Morgan fingerprint density at radius 2 is 1.91 bits per heavy atom. The number of benzene rings is 2. The minimum absolute atomic E-state index is 0.278. The van der Waals surface area contributed by atoms with Crippen molar-refractivity contribution in [2.45, 2.75) is 6.92 Å². The summed E-state index contributed by atoms with van der Waals surface area (Å²) < 4.78 is 15.4. The first-order chi connectivity index (χ1) is 10.6. The zero-order valence-electron chi connectivity index (χ0n) is 12.0. The van der Waals surface area contributed by atoms with Crippen molar-refractivity contribution < 1.29 is 4.39 Å². The standard InChI is InChI=1S/C18H14FN3/c1-11-4-2-3-5-14(11)16-17(20)22-9-8-12-6-7-13(19)10-15(12)18(22)21-16/h2-10H,20H2,1H3. The maximum Gasteiger partial charge on any atom is 0.147 e. The number of fused-ring (bicyclic) bond motifs is 3. The van der Waals surface area contributed by atoms with Crippen LogP contribution in [0.15, 0.2) is 54.7 Å². The van der Waals surface area contributed by atoms with Gasteiger partial charge in [0.1, 0.15) is 23.0 Å². The van der Waals surface area contributed by atoms with Crippen LogP contribution in [-0.2, 0) is 0 Å². The van der Waals surface area contributed by atoms with Gasteiger partial charge in [0.15, 0.2) is 0 Å². The number of rotatable bonds is 1. The molecule has 2 N–H and O–H groups in total. The third kappa shape index (κ3) is 1.77. The van der Waals surface area contributed by atoms with Crippen LogP contribution in [0.1, 0.15) is 5.56 Å². The van der Waals surface area contributed by atoms with Crippen molar-refractivity contribution in [1.29, 1.82) is 0 Å². The van der Waals surface area contributed by atoms with Gasteiger partial charge in [-0.1, -0.05) is 30.3 Å². The predicted octanol–water partition coefficient (Wildman–Crippen LogP) is 4.18. The summed E-state index contributed by atoms with van der Waals surface area (Å²) in [7, 11) is 0. The molecule has 2 heterocycles. The van der Waals surface area contributed by atoms with Crippen molar-refractivity contribution in [1.82, 2.24) is 9.38 Å². The molecule has 0 bridgehead atoms. The quantitative estimate of drug-likeness (QED) is 0.571. The lowest BCUT2D eigenvalue weighted by Crippen LogP contribution is -1.95. The van der Waals surface area contributed by atoms with Gasteiger partial charge in [-0.25, -0.2) is 9.37 Å². The van der Waals surface area contributed by atoms with Crippen molar-refractivity contribution in [3.63, 3.8) is 0 Å². The Labute approximate surface area is 126 Å². The Balaban J connectivity index is 2.10. The van der Waals surface area contributed by atoms with E-state index in [1.807, 2.05) is 47.9 Å². The molecule has 0 aliphatic carbocycles. The first-order valence-electron chi connectivity index (χ1n) is 7.07. The molecule has 0 amide bonds. The molecule has 22 heavy (non-hydrogen) atoms. The zero-order valence-corrected chi connectivity index (χ0v) is 12.0. The van der Waals surface area contributed by atoms with Gasteiger partial charge >= 0.3 is 0 Å². The molecule has 0 aliphatic heterocycles. The minimum atomic E-state index is -0.278. The maximum atomic E-state index is 13.6. The van der Waals surface area contributed by atoms with Crippen LogP contribution in [0.25, 0.3) is 27.7 Å². The van der Waals surface area contributed by atoms with E-state index in [1.165, 1.54) is 12.1 Å². The lowest BCUT2D eigenvalue weighted by molar-refractivity contribution is 0.630. The highest BCUT2D eigenvalue weighted by Gasteiger charge is 2.15. The third-order valence-corrected chi connectivity index (χ3v) is 4.01. The SMILES string of the molecule is Cc1ccccc1-c1nc2c3cc(F)ccc3ccn2c1N. The summed E-state index contributed by atoms with van der Waals surface area (Å²) in [6, 6.07) is 14.6. The van der Waals surface area contributed by atoms with Gasteiger partial charge in [0.05, 0.1) is 0 Å². The highest BCUT2D eigenvalue weighted by atomic mass is 19.1. The molecule has 2 aromatic heterocycles. The normalized spacial score (nSPS) is 11.4. The fraction of sp³-hybridized carbons (Fsp3) is 0.0556. The molecule has 0 spiro atoms. The fourth-order valence-electron chi connectivity index (χ4n) is 2.85. The van der Waals surface area contributed by atoms with E-state index in [0.29, 0.717) is 11.5 Å². The second-order valence-corrected chi connectivity index (χ2v) is 5.40. The second-order valence-electron chi connectivity index (χ2n) is 5.40. The number of imidazole rings is 1. The van der Waals surface area contributed by atoms with Gasteiger partial charge in [0.25, 0.3) is 0 Å². The summed E-state index contributed by atoms with van der Waals surface area (Å²) in [4.78, 5) is 4.68. The number of nitrogens with two attached hydrogens (primary N) is 1. The Kier molecular flexibility index (Phi) is 2.66. The van der Waals surface area contributed by atoms with Crippen molar-refractivity contribution in [2.75, 3.05) is 5.73 Å². The Hall–Kier alpha value is -2.88. The van der Waals surface area contributed by atoms with E-state index in [9.17, 15) is 4.39 Å². The molecule has 4 heteroatoms. The first-order valence-corrected chi connectivity index (χ1v) is 7.07. The summed E-state index contributed by atoms with van der Waals surface area (Å²) >= 11 is 0. The summed E-state index contributed by atoms with van der Waals surface area (Å²) in [5.41, 5.74) is 9.78.